The Bertz CT molecular complexity index is 3690. The molecule has 108 heavy (non-hydrogen) atoms. The number of aryl methyl sites for hydroxylation is 4. The number of hydrogen-bond donors (Lipinski definition) is 4. The zero-order valence-electron chi connectivity index (χ0n) is 65.7. The highest BCUT2D eigenvalue weighted by molar-refractivity contribution is 6.42. The Morgan fingerprint density at radius 2 is 0.370 bits per heavy atom. The summed E-state index contributed by atoms with van der Waals surface area (Å²) in [4.78, 5) is 56.9. The van der Waals surface area contributed by atoms with Crippen molar-refractivity contribution in [3.8, 4) is 46.0 Å². The molecule has 0 fully saturated rings. The van der Waals surface area contributed by atoms with Gasteiger partial charge in [-0.3, -0.25) is 0 Å². The van der Waals surface area contributed by atoms with Crippen molar-refractivity contribution in [2.75, 3.05) is 0 Å². The quantitative estimate of drug-likeness (QED) is 0.0161. The molecule has 0 aliphatic heterocycles. The number of carboxylic acid groups (broad SMARTS) is 4. The van der Waals surface area contributed by atoms with Gasteiger partial charge in [-0.15, -0.1) is 0 Å². The van der Waals surface area contributed by atoms with Crippen molar-refractivity contribution in [1.82, 2.24) is 0 Å². The molecule has 0 radical (unpaired) electrons. The van der Waals surface area contributed by atoms with Crippen LogP contribution >= 0.6 is 0 Å². The van der Waals surface area contributed by atoms with Crippen LogP contribution < -0.4 is 18.9 Å². The topological polar surface area (TPSA) is 186 Å². The Morgan fingerprint density at radius 3 is 0.528 bits per heavy atom. The second-order valence-electron chi connectivity index (χ2n) is 30.6. The molecular weight excluding hydrogens is 1350 g/mol. The first kappa shape index (κ1) is 83.4. The lowest BCUT2D eigenvalue weighted by Crippen LogP contribution is -2.10. The number of carboxylic acids is 4. The number of fused-ring (bicyclic) bond motifs is 2. The molecule has 580 valence electrons. The summed E-state index contributed by atoms with van der Waals surface area (Å²) in [5.41, 5.74) is 2.80. The Balaban J connectivity index is 1.19. The molecule has 12 nitrogen and oxygen atoms in total. The van der Waals surface area contributed by atoms with Gasteiger partial charge < -0.3 is 39.4 Å². The average molecular weight is 1470 g/mol. The zero-order chi connectivity index (χ0) is 76.2. The number of unbranched alkanes of at least 4 members (excludes halogenated alkanes) is 36. The summed E-state index contributed by atoms with van der Waals surface area (Å²) in [5.74, 6) is -4.59. The van der Waals surface area contributed by atoms with Crippen LogP contribution in [0.4, 0.5) is 0 Å². The first-order chi connectivity index (χ1) is 52.8. The van der Waals surface area contributed by atoms with Crippen LogP contribution in [0.5, 0.6) is 46.0 Å². The van der Waals surface area contributed by atoms with Crippen LogP contribution in [-0.4, -0.2) is 44.3 Å². The molecule has 9 aromatic rings. The highest BCUT2D eigenvalue weighted by Gasteiger charge is 2.35. The van der Waals surface area contributed by atoms with E-state index in [0.29, 0.717) is 23.0 Å². The number of carbonyl (C=O) groups is 4. The van der Waals surface area contributed by atoms with Crippen LogP contribution in [0.3, 0.4) is 0 Å². The number of ether oxygens (including phenoxy) is 4. The summed E-state index contributed by atoms with van der Waals surface area (Å²) in [5, 5.41) is 46.6. The molecule has 9 rings (SSSR count). The molecule has 9 aromatic carbocycles. The predicted octanol–water partition coefficient (Wildman–Crippen LogP) is 29.6. The largest absolute Gasteiger partial charge is 0.478 e. The molecule has 0 aromatic heterocycles. The summed E-state index contributed by atoms with van der Waals surface area (Å²) in [6, 6.07) is 35.8. The number of aromatic carboxylic acids is 4. The Kier molecular flexibility index (Phi) is 35.0. The third kappa shape index (κ3) is 24.7. The monoisotopic (exact) mass is 1470 g/mol. The Hall–Kier alpha value is -8.64. The maximum Gasteiger partial charge on any atom is 0.336 e. The van der Waals surface area contributed by atoms with Gasteiger partial charge in [-0.2, -0.15) is 0 Å². The lowest BCUT2D eigenvalue weighted by Gasteiger charge is -2.25. The van der Waals surface area contributed by atoms with E-state index in [1.165, 1.54) is 230 Å². The van der Waals surface area contributed by atoms with Crippen molar-refractivity contribution in [2.45, 2.75) is 310 Å². The van der Waals surface area contributed by atoms with E-state index in [-0.39, 0.29) is 66.1 Å². The zero-order valence-corrected chi connectivity index (χ0v) is 65.7. The highest BCUT2D eigenvalue weighted by Crippen LogP contribution is 2.57. The van der Waals surface area contributed by atoms with Crippen LogP contribution in [0.1, 0.15) is 348 Å². The van der Waals surface area contributed by atoms with E-state index in [0.717, 1.165) is 99.3 Å². The van der Waals surface area contributed by atoms with Gasteiger partial charge in [-0.25, -0.2) is 19.2 Å². The van der Waals surface area contributed by atoms with E-state index < -0.39 is 46.1 Å². The first-order valence-electron chi connectivity index (χ1n) is 42.2. The van der Waals surface area contributed by atoms with Crippen LogP contribution in [0.2, 0.25) is 0 Å². The summed E-state index contributed by atoms with van der Waals surface area (Å²) in [6.45, 7) is 8.97. The fourth-order valence-electron chi connectivity index (χ4n) is 15.8. The van der Waals surface area contributed by atoms with Crippen LogP contribution in [-0.2, 0) is 25.7 Å². The SMILES string of the molecule is CCCCCCCCCCCCc1ccc(Oc2cc(C(=O)O)c3c(C(=O)O)cc(Oc4ccc(CCCCCCCCCCCC)cc4)c4c5c(Oc6ccc(CCCCCCCCCCCC)cc6)cc(C(=O)O)c6c(C(=O)O)cc(Oc7ccc(CCCCCCCCCCCC)cc7)c(c2c34)c65)cc1. The summed E-state index contributed by atoms with van der Waals surface area (Å²) in [7, 11) is 0. The molecule has 0 aliphatic carbocycles. The third-order valence-electron chi connectivity index (χ3n) is 22.0. The Labute approximate surface area is 644 Å². The average Bonchev–Trinajstić information content (AvgIpc) is 0.681. The molecule has 0 saturated carbocycles. The lowest BCUT2D eigenvalue weighted by atomic mass is 9.82. The van der Waals surface area contributed by atoms with Crippen molar-refractivity contribution in [1.29, 1.82) is 0 Å². The fourth-order valence-corrected chi connectivity index (χ4v) is 15.8. The lowest BCUT2D eigenvalue weighted by molar-refractivity contribution is 0.0680. The normalized spacial score (nSPS) is 11.6. The number of hydrogen-bond acceptors (Lipinski definition) is 8. The smallest absolute Gasteiger partial charge is 0.336 e. The van der Waals surface area contributed by atoms with Gasteiger partial charge >= 0.3 is 23.9 Å². The van der Waals surface area contributed by atoms with E-state index in [4.69, 9.17) is 18.9 Å². The molecule has 0 saturated heterocycles. The van der Waals surface area contributed by atoms with Crippen molar-refractivity contribution in [3.05, 3.63) is 166 Å². The molecule has 0 heterocycles. The fraction of sp³-hybridized carbons (Fsp3) is 0.500. The van der Waals surface area contributed by atoms with Gasteiger partial charge in [0.15, 0.2) is 0 Å². The minimum absolute atomic E-state index is 0.0404. The molecule has 0 spiro atoms. The van der Waals surface area contributed by atoms with Crippen LogP contribution in [0.15, 0.2) is 121 Å². The third-order valence-corrected chi connectivity index (χ3v) is 22.0. The van der Waals surface area contributed by atoms with Crippen molar-refractivity contribution >= 4 is 67.0 Å². The molecule has 0 aliphatic rings. The van der Waals surface area contributed by atoms with E-state index >= 15 is 0 Å². The molecule has 0 amide bonds. The minimum atomic E-state index is -1.44. The molecule has 0 unspecified atom stereocenters. The maximum atomic E-state index is 14.2. The van der Waals surface area contributed by atoms with Gasteiger partial charge in [0.05, 0.1) is 22.3 Å². The number of rotatable bonds is 56. The predicted molar refractivity (Wildman–Crippen MR) is 444 cm³/mol. The van der Waals surface area contributed by atoms with Crippen LogP contribution in [0.25, 0.3) is 43.1 Å². The summed E-state index contributed by atoms with van der Waals surface area (Å²) >= 11 is 0. The second kappa shape index (κ2) is 45.4. The first-order valence-corrected chi connectivity index (χ1v) is 42.2. The molecule has 12 heteroatoms. The Morgan fingerprint density at radius 1 is 0.213 bits per heavy atom. The van der Waals surface area contributed by atoms with Crippen LogP contribution in [0, 0.1) is 0 Å². The van der Waals surface area contributed by atoms with Gasteiger partial charge in [-0.05, 0) is 146 Å². The molecular formula is C96H124O12. The summed E-state index contributed by atoms with van der Waals surface area (Å²) < 4.78 is 28.2. The van der Waals surface area contributed by atoms with Crippen molar-refractivity contribution in [2.24, 2.45) is 0 Å². The van der Waals surface area contributed by atoms with Crippen molar-refractivity contribution < 1.29 is 58.6 Å². The van der Waals surface area contributed by atoms with E-state index in [1.54, 1.807) is 0 Å². The van der Waals surface area contributed by atoms with Gasteiger partial charge in [0.25, 0.3) is 0 Å². The number of benzene rings is 9. The molecule has 4 N–H and O–H groups in total. The van der Waals surface area contributed by atoms with Gasteiger partial charge in [0.1, 0.15) is 46.0 Å². The van der Waals surface area contributed by atoms with Crippen molar-refractivity contribution in [3.63, 3.8) is 0 Å². The molecule has 0 atom stereocenters. The van der Waals surface area contributed by atoms with Gasteiger partial charge in [-0.1, -0.05) is 307 Å². The van der Waals surface area contributed by atoms with E-state index in [1.807, 2.05) is 97.1 Å². The maximum absolute atomic E-state index is 14.2. The van der Waals surface area contributed by atoms with Gasteiger partial charge in [0.2, 0.25) is 0 Å². The van der Waals surface area contributed by atoms with Gasteiger partial charge in [0, 0.05) is 43.1 Å². The second-order valence-corrected chi connectivity index (χ2v) is 30.6. The van der Waals surface area contributed by atoms with E-state index in [9.17, 15) is 39.6 Å². The highest BCUT2D eigenvalue weighted by atomic mass is 16.5. The summed E-state index contributed by atoms with van der Waals surface area (Å²) in [6.07, 6.45) is 52.1. The minimum Gasteiger partial charge on any atom is -0.478 e. The molecule has 0 bridgehead atoms. The van der Waals surface area contributed by atoms with E-state index in [2.05, 4.69) is 27.7 Å². The standard InChI is InChI=1S/C96H124O12/c1-5-9-13-17-21-25-29-33-37-41-45-69-49-57-73(58-50-69)105-81-65-77(93(97)98)85-78(94(99)100)67-83(107-75-61-53-71(54-62-75)47-43-39-35-31-27-23-19-15-11-7-3)89-90-84(108-76-63-55-72(56-64-76)48-44-40-36-32-28-24-20-16-12-8-4)68-80(96(103)104)86-79(95(101)102)66-82(88(92(86)90)87(81)91(85)89)106-74-59-51-70(52-60-74)46-42-38-34-30-26-22-18-14-10-6-2/h49-68H,5-48H2,1-4H3,(H,97,98)(H,99,100)(H,101,102)(H,103,104).